The van der Waals surface area contributed by atoms with Crippen LogP contribution < -0.4 is 5.32 Å². The molecule has 1 N–H and O–H groups in total. The molecule has 0 spiro atoms. The molecule has 1 atom stereocenters. The quantitative estimate of drug-likeness (QED) is 0.819. The Morgan fingerprint density at radius 1 is 1.17 bits per heavy atom. The van der Waals surface area contributed by atoms with E-state index in [-0.39, 0.29) is 0 Å². The van der Waals surface area contributed by atoms with E-state index in [9.17, 15) is 0 Å². The number of hydrogen-bond acceptors (Lipinski definition) is 2. The number of hydrogen-bond donors (Lipinski definition) is 1. The Morgan fingerprint density at radius 2 is 1.89 bits per heavy atom. The topological polar surface area (TPSA) is 12.0 Å². The molecule has 1 unspecified atom stereocenters. The van der Waals surface area contributed by atoms with Crippen LogP contribution in [0.2, 0.25) is 0 Å². The summed E-state index contributed by atoms with van der Waals surface area (Å²) < 4.78 is 0. The number of rotatable bonds is 4. The van der Waals surface area contributed by atoms with Crippen LogP contribution >= 0.6 is 11.3 Å². The molecule has 0 radical (unpaired) electrons. The first-order chi connectivity index (χ1) is 8.72. The van der Waals surface area contributed by atoms with E-state index in [4.69, 9.17) is 0 Å². The van der Waals surface area contributed by atoms with Gasteiger partial charge in [0.2, 0.25) is 0 Å². The third kappa shape index (κ3) is 2.59. The maximum Gasteiger partial charge on any atom is 0.0634 e. The predicted molar refractivity (Wildman–Crippen MR) is 79.3 cm³/mol. The molecule has 18 heavy (non-hydrogen) atoms. The van der Waals surface area contributed by atoms with E-state index in [1.807, 2.05) is 11.3 Å². The van der Waals surface area contributed by atoms with Crippen molar-refractivity contribution >= 4 is 17.0 Å². The molecular formula is C16H19NS. The Hall–Kier alpha value is -1.28. The lowest BCUT2D eigenvalue weighted by atomic mass is 10.1. The molecule has 1 aliphatic carbocycles. The average molecular weight is 257 g/mol. The van der Waals surface area contributed by atoms with Crippen LogP contribution in [0.3, 0.4) is 0 Å². The Labute approximate surface area is 113 Å². The zero-order valence-electron chi connectivity index (χ0n) is 10.9. The molecule has 0 bridgehead atoms. The third-order valence-electron chi connectivity index (χ3n) is 3.49. The van der Waals surface area contributed by atoms with Gasteiger partial charge in [-0.3, -0.25) is 0 Å². The van der Waals surface area contributed by atoms with Crippen LogP contribution in [0.4, 0.5) is 5.69 Å². The molecule has 0 amide bonds. The lowest BCUT2D eigenvalue weighted by molar-refractivity contribution is 0.691. The molecule has 1 fully saturated rings. The normalized spacial score (nSPS) is 16.6. The summed E-state index contributed by atoms with van der Waals surface area (Å²) in [5.74, 6) is 0.824. The highest BCUT2D eigenvalue weighted by Crippen LogP contribution is 2.44. The van der Waals surface area contributed by atoms with Crippen molar-refractivity contribution in [3.63, 3.8) is 0 Å². The minimum absolute atomic E-state index is 0.506. The van der Waals surface area contributed by atoms with Gasteiger partial charge in [0, 0.05) is 10.6 Å². The lowest BCUT2D eigenvalue weighted by Gasteiger charge is -2.19. The monoisotopic (exact) mass is 257 g/mol. The van der Waals surface area contributed by atoms with E-state index in [2.05, 4.69) is 54.9 Å². The van der Waals surface area contributed by atoms with Crippen molar-refractivity contribution in [3.8, 4) is 0 Å². The minimum atomic E-state index is 0.506. The first kappa shape index (κ1) is 11.8. The molecule has 1 aliphatic rings. The molecule has 1 nitrogen and oxygen atoms in total. The van der Waals surface area contributed by atoms with Crippen molar-refractivity contribution in [2.45, 2.75) is 32.7 Å². The molecule has 3 rings (SSSR count). The van der Waals surface area contributed by atoms with Crippen molar-refractivity contribution in [1.29, 1.82) is 0 Å². The SMILES string of the molecule is Cc1cc(C)cc(NC(c2cccs2)C2CC2)c1. The van der Waals surface area contributed by atoms with Crippen molar-refractivity contribution in [2.75, 3.05) is 5.32 Å². The molecule has 2 heteroatoms. The molecule has 1 heterocycles. The van der Waals surface area contributed by atoms with E-state index < -0.39 is 0 Å². The summed E-state index contributed by atoms with van der Waals surface area (Å²) in [6.07, 6.45) is 2.72. The summed E-state index contributed by atoms with van der Waals surface area (Å²) in [5.41, 5.74) is 3.93. The third-order valence-corrected chi connectivity index (χ3v) is 4.44. The molecule has 1 saturated carbocycles. The number of thiophene rings is 1. The van der Waals surface area contributed by atoms with Crippen molar-refractivity contribution in [1.82, 2.24) is 0 Å². The number of nitrogens with one attached hydrogen (secondary N) is 1. The van der Waals surface area contributed by atoms with Crippen LogP contribution in [0, 0.1) is 19.8 Å². The van der Waals surface area contributed by atoms with E-state index in [0.29, 0.717) is 6.04 Å². The van der Waals surface area contributed by atoms with Gasteiger partial charge in [-0.1, -0.05) is 12.1 Å². The first-order valence-corrected chi connectivity index (χ1v) is 7.48. The summed E-state index contributed by atoms with van der Waals surface area (Å²) in [4.78, 5) is 1.47. The molecule has 0 aliphatic heterocycles. The van der Waals surface area contributed by atoms with Crippen molar-refractivity contribution in [2.24, 2.45) is 5.92 Å². The van der Waals surface area contributed by atoms with Crippen molar-refractivity contribution < 1.29 is 0 Å². The smallest absolute Gasteiger partial charge is 0.0634 e. The second kappa shape index (κ2) is 4.77. The molecule has 2 aromatic rings. The average Bonchev–Trinajstić information content (AvgIpc) is 3.00. The summed E-state index contributed by atoms with van der Waals surface area (Å²) in [6.45, 7) is 4.32. The van der Waals surface area contributed by atoms with Gasteiger partial charge in [-0.25, -0.2) is 0 Å². The molecule has 1 aromatic heterocycles. The van der Waals surface area contributed by atoms with E-state index in [1.54, 1.807) is 0 Å². The van der Waals surface area contributed by atoms with Crippen LogP contribution in [-0.2, 0) is 0 Å². The second-order valence-corrected chi connectivity index (χ2v) is 6.33. The predicted octanol–water partition coefficient (Wildman–Crippen LogP) is 4.93. The highest BCUT2D eigenvalue weighted by molar-refractivity contribution is 7.10. The number of anilines is 1. The van der Waals surface area contributed by atoms with E-state index in [0.717, 1.165) is 5.92 Å². The highest BCUT2D eigenvalue weighted by atomic mass is 32.1. The minimum Gasteiger partial charge on any atom is -0.377 e. The standard InChI is InChI=1S/C16H19NS/c1-11-8-12(2)10-14(9-11)17-16(13-5-6-13)15-4-3-7-18-15/h3-4,7-10,13,16-17H,5-6H2,1-2H3. The fourth-order valence-corrected chi connectivity index (χ4v) is 3.43. The summed E-state index contributed by atoms with van der Waals surface area (Å²) in [5, 5.41) is 5.91. The van der Waals surface area contributed by atoms with E-state index >= 15 is 0 Å². The van der Waals surface area contributed by atoms with Crippen LogP contribution in [0.1, 0.15) is 34.9 Å². The van der Waals surface area contributed by atoms with Gasteiger partial charge in [-0.05, 0) is 67.3 Å². The van der Waals surface area contributed by atoms with Gasteiger partial charge in [0.05, 0.1) is 6.04 Å². The Kier molecular flexibility index (Phi) is 3.13. The summed E-state index contributed by atoms with van der Waals surface area (Å²) in [7, 11) is 0. The van der Waals surface area contributed by atoms with Crippen LogP contribution in [0.15, 0.2) is 35.7 Å². The van der Waals surface area contributed by atoms with Gasteiger partial charge in [0.15, 0.2) is 0 Å². The Balaban J connectivity index is 1.84. The van der Waals surface area contributed by atoms with Crippen molar-refractivity contribution in [3.05, 3.63) is 51.7 Å². The lowest BCUT2D eigenvalue weighted by Crippen LogP contribution is -2.11. The molecule has 94 valence electrons. The zero-order chi connectivity index (χ0) is 12.5. The fourth-order valence-electron chi connectivity index (χ4n) is 2.56. The van der Waals surface area contributed by atoms with E-state index in [1.165, 1.54) is 34.5 Å². The van der Waals surface area contributed by atoms with Gasteiger partial charge in [0.25, 0.3) is 0 Å². The largest absolute Gasteiger partial charge is 0.377 e. The van der Waals surface area contributed by atoms with Gasteiger partial charge >= 0.3 is 0 Å². The van der Waals surface area contributed by atoms with Gasteiger partial charge in [-0.15, -0.1) is 11.3 Å². The maximum atomic E-state index is 3.74. The molecular weight excluding hydrogens is 238 g/mol. The van der Waals surface area contributed by atoms with Crippen LogP contribution in [0.5, 0.6) is 0 Å². The second-order valence-electron chi connectivity index (χ2n) is 5.35. The Bertz CT molecular complexity index is 506. The van der Waals surface area contributed by atoms with Gasteiger partial charge in [0.1, 0.15) is 0 Å². The Morgan fingerprint density at radius 3 is 2.44 bits per heavy atom. The summed E-state index contributed by atoms with van der Waals surface area (Å²) in [6, 6.07) is 11.6. The molecule has 1 aromatic carbocycles. The zero-order valence-corrected chi connectivity index (χ0v) is 11.8. The highest BCUT2D eigenvalue weighted by Gasteiger charge is 2.32. The van der Waals surface area contributed by atoms with Gasteiger partial charge < -0.3 is 5.32 Å². The summed E-state index contributed by atoms with van der Waals surface area (Å²) >= 11 is 1.86. The number of aryl methyl sites for hydroxylation is 2. The molecule has 0 saturated heterocycles. The first-order valence-electron chi connectivity index (χ1n) is 6.60. The van der Waals surface area contributed by atoms with Crippen LogP contribution in [-0.4, -0.2) is 0 Å². The van der Waals surface area contributed by atoms with Gasteiger partial charge in [-0.2, -0.15) is 0 Å². The number of benzene rings is 1. The maximum absolute atomic E-state index is 3.74. The van der Waals surface area contributed by atoms with Crippen LogP contribution in [0.25, 0.3) is 0 Å². The fraction of sp³-hybridized carbons (Fsp3) is 0.375.